The third-order valence-corrected chi connectivity index (χ3v) is 2.02. The van der Waals surface area contributed by atoms with E-state index in [0.717, 1.165) is 24.8 Å². The van der Waals surface area contributed by atoms with Crippen LogP contribution in [0.4, 0.5) is 0 Å². The number of aromatic nitrogens is 2. The molecular weight excluding hydrogens is 192 g/mol. The lowest BCUT2D eigenvalue weighted by Gasteiger charge is -2.01. The first kappa shape index (κ1) is 11.6. The van der Waals surface area contributed by atoms with Crippen LogP contribution < -0.4 is 0 Å². The fourth-order valence-corrected chi connectivity index (χ4v) is 1.29. The van der Waals surface area contributed by atoms with Crippen molar-refractivity contribution in [1.29, 1.82) is 0 Å². The first-order valence-electron chi connectivity index (χ1n) is 5.22. The van der Waals surface area contributed by atoms with Crippen molar-refractivity contribution in [2.24, 2.45) is 0 Å². The summed E-state index contributed by atoms with van der Waals surface area (Å²) in [5.41, 5.74) is 1.11. The number of nitrogens with zero attached hydrogens (tertiary/aromatic N) is 2. The number of aryl methyl sites for hydroxylation is 1. The summed E-state index contributed by atoms with van der Waals surface area (Å²) in [5.74, 6) is -0.109. The zero-order valence-corrected chi connectivity index (χ0v) is 8.98. The largest absolute Gasteiger partial charge is 0.466 e. The molecule has 0 aromatic carbocycles. The van der Waals surface area contributed by atoms with E-state index in [1.807, 2.05) is 6.92 Å². The van der Waals surface area contributed by atoms with Crippen LogP contribution in [0, 0.1) is 0 Å². The lowest BCUT2D eigenvalue weighted by Crippen LogP contribution is -2.03. The Balaban J connectivity index is 2.10. The van der Waals surface area contributed by atoms with Gasteiger partial charge in [-0.15, -0.1) is 0 Å². The average molecular weight is 208 g/mol. The molecule has 1 aromatic rings. The summed E-state index contributed by atoms with van der Waals surface area (Å²) in [6.07, 6.45) is 8.36. The number of hydrogen-bond donors (Lipinski definition) is 0. The molecule has 0 amide bonds. The summed E-state index contributed by atoms with van der Waals surface area (Å²) in [7, 11) is 0. The first-order chi connectivity index (χ1) is 7.33. The maximum absolute atomic E-state index is 11.0. The molecule has 0 bridgehead atoms. The van der Waals surface area contributed by atoms with Gasteiger partial charge in [0, 0.05) is 18.8 Å². The molecule has 4 heteroatoms. The number of esters is 1. The summed E-state index contributed by atoms with van der Waals surface area (Å²) in [6.45, 7) is 2.28. The van der Waals surface area contributed by atoms with Gasteiger partial charge in [0.25, 0.3) is 0 Å². The highest BCUT2D eigenvalue weighted by molar-refractivity contribution is 5.69. The predicted octanol–water partition coefficient (Wildman–Crippen LogP) is 1.75. The van der Waals surface area contributed by atoms with Gasteiger partial charge in [0.15, 0.2) is 0 Å². The molecular formula is C11H16N2O2. The highest BCUT2D eigenvalue weighted by atomic mass is 16.5. The Bertz CT molecular complexity index is 288. The summed E-state index contributed by atoms with van der Waals surface area (Å²) in [6, 6.07) is 0. The molecule has 0 spiro atoms. The SMILES string of the molecule is CCOC(=O)CCCCc1cncnc1. The topological polar surface area (TPSA) is 52.1 Å². The minimum atomic E-state index is -0.109. The molecule has 1 aromatic heterocycles. The number of rotatable bonds is 6. The van der Waals surface area contributed by atoms with Gasteiger partial charge in [-0.3, -0.25) is 4.79 Å². The Morgan fingerprint density at radius 1 is 1.33 bits per heavy atom. The molecule has 1 heterocycles. The van der Waals surface area contributed by atoms with E-state index in [1.54, 1.807) is 12.4 Å². The molecule has 0 atom stereocenters. The van der Waals surface area contributed by atoms with Crippen LogP contribution >= 0.6 is 0 Å². The monoisotopic (exact) mass is 208 g/mol. The van der Waals surface area contributed by atoms with Crippen LogP contribution in [0.3, 0.4) is 0 Å². The number of unbranched alkanes of at least 4 members (excludes halogenated alkanes) is 1. The van der Waals surface area contributed by atoms with E-state index in [1.165, 1.54) is 6.33 Å². The Hall–Kier alpha value is -1.45. The van der Waals surface area contributed by atoms with Gasteiger partial charge < -0.3 is 4.74 Å². The highest BCUT2D eigenvalue weighted by Gasteiger charge is 2.01. The van der Waals surface area contributed by atoms with Crippen LogP contribution in [0.5, 0.6) is 0 Å². The van der Waals surface area contributed by atoms with Crippen molar-refractivity contribution in [3.05, 3.63) is 24.3 Å². The molecule has 0 aliphatic heterocycles. The smallest absolute Gasteiger partial charge is 0.305 e. The van der Waals surface area contributed by atoms with Gasteiger partial charge in [0.1, 0.15) is 6.33 Å². The molecule has 0 fully saturated rings. The van der Waals surface area contributed by atoms with Gasteiger partial charge in [0.2, 0.25) is 0 Å². The fourth-order valence-electron chi connectivity index (χ4n) is 1.29. The van der Waals surface area contributed by atoms with Crippen molar-refractivity contribution in [1.82, 2.24) is 9.97 Å². The first-order valence-corrected chi connectivity index (χ1v) is 5.22. The molecule has 0 N–H and O–H groups in total. The molecule has 4 nitrogen and oxygen atoms in total. The second-order valence-electron chi connectivity index (χ2n) is 3.26. The molecule has 0 radical (unpaired) electrons. The maximum Gasteiger partial charge on any atom is 0.305 e. The van der Waals surface area contributed by atoms with Crippen LogP contribution in [0.1, 0.15) is 31.7 Å². The van der Waals surface area contributed by atoms with Crippen LogP contribution in [0.15, 0.2) is 18.7 Å². The quantitative estimate of drug-likeness (QED) is 0.528. The van der Waals surface area contributed by atoms with E-state index in [9.17, 15) is 4.79 Å². The minimum Gasteiger partial charge on any atom is -0.466 e. The fraction of sp³-hybridized carbons (Fsp3) is 0.545. The third-order valence-electron chi connectivity index (χ3n) is 2.02. The molecule has 0 aliphatic rings. The Morgan fingerprint density at radius 2 is 2.07 bits per heavy atom. The standard InChI is InChI=1S/C11H16N2O2/c1-2-15-11(14)6-4-3-5-10-7-12-9-13-8-10/h7-9H,2-6H2,1H3. The summed E-state index contributed by atoms with van der Waals surface area (Å²) in [4.78, 5) is 18.9. The second-order valence-corrected chi connectivity index (χ2v) is 3.26. The van der Waals surface area contributed by atoms with Gasteiger partial charge in [-0.05, 0) is 31.7 Å². The van der Waals surface area contributed by atoms with Crippen molar-refractivity contribution in [2.45, 2.75) is 32.6 Å². The summed E-state index contributed by atoms with van der Waals surface area (Å²) >= 11 is 0. The molecule has 0 saturated heterocycles. The average Bonchev–Trinajstić information content (AvgIpc) is 2.26. The zero-order valence-electron chi connectivity index (χ0n) is 8.98. The number of ether oxygens (including phenoxy) is 1. The van der Waals surface area contributed by atoms with Crippen molar-refractivity contribution in [3.8, 4) is 0 Å². The summed E-state index contributed by atoms with van der Waals surface area (Å²) < 4.78 is 4.83. The van der Waals surface area contributed by atoms with Crippen molar-refractivity contribution in [2.75, 3.05) is 6.61 Å². The van der Waals surface area contributed by atoms with Crippen molar-refractivity contribution in [3.63, 3.8) is 0 Å². The van der Waals surface area contributed by atoms with Crippen molar-refractivity contribution >= 4 is 5.97 Å². The molecule has 82 valence electrons. The van der Waals surface area contributed by atoms with Gasteiger partial charge in [-0.2, -0.15) is 0 Å². The van der Waals surface area contributed by atoms with Gasteiger partial charge in [0.05, 0.1) is 6.61 Å². The Labute approximate surface area is 89.7 Å². The molecule has 1 rings (SSSR count). The maximum atomic E-state index is 11.0. The van der Waals surface area contributed by atoms with E-state index in [2.05, 4.69) is 9.97 Å². The van der Waals surface area contributed by atoms with E-state index in [0.29, 0.717) is 13.0 Å². The number of carbonyl (C=O) groups excluding carboxylic acids is 1. The van der Waals surface area contributed by atoms with Crippen LogP contribution in [-0.2, 0) is 16.0 Å². The van der Waals surface area contributed by atoms with E-state index < -0.39 is 0 Å². The predicted molar refractivity (Wildman–Crippen MR) is 56.2 cm³/mol. The normalized spacial score (nSPS) is 9.93. The Morgan fingerprint density at radius 3 is 2.73 bits per heavy atom. The van der Waals surface area contributed by atoms with E-state index >= 15 is 0 Å². The lowest BCUT2D eigenvalue weighted by molar-refractivity contribution is -0.143. The Kier molecular flexibility index (Phi) is 5.37. The molecule has 0 unspecified atom stereocenters. The van der Waals surface area contributed by atoms with E-state index in [4.69, 9.17) is 4.74 Å². The number of hydrogen-bond acceptors (Lipinski definition) is 4. The van der Waals surface area contributed by atoms with Gasteiger partial charge in [-0.1, -0.05) is 0 Å². The van der Waals surface area contributed by atoms with Crippen molar-refractivity contribution < 1.29 is 9.53 Å². The second kappa shape index (κ2) is 6.92. The molecule has 0 aliphatic carbocycles. The lowest BCUT2D eigenvalue weighted by atomic mass is 10.1. The summed E-state index contributed by atoms with van der Waals surface area (Å²) in [5, 5.41) is 0. The van der Waals surface area contributed by atoms with Gasteiger partial charge >= 0.3 is 5.97 Å². The highest BCUT2D eigenvalue weighted by Crippen LogP contribution is 2.04. The minimum absolute atomic E-state index is 0.109. The third kappa shape index (κ3) is 5.10. The molecule has 0 saturated carbocycles. The van der Waals surface area contributed by atoms with Gasteiger partial charge in [-0.25, -0.2) is 9.97 Å². The molecule has 15 heavy (non-hydrogen) atoms. The van der Waals surface area contributed by atoms with Crippen LogP contribution in [0.2, 0.25) is 0 Å². The van der Waals surface area contributed by atoms with E-state index in [-0.39, 0.29) is 5.97 Å². The van der Waals surface area contributed by atoms with Crippen LogP contribution in [-0.4, -0.2) is 22.5 Å². The zero-order chi connectivity index (χ0) is 10.9. The van der Waals surface area contributed by atoms with Crippen LogP contribution in [0.25, 0.3) is 0 Å². The number of carbonyl (C=O) groups is 1.